The number of ether oxygens (including phenoxy) is 1. The Morgan fingerprint density at radius 2 is 1.78 bits per heavy atom. The van der Waals surface area contributed by atoms with E-state index in [-0.39, 0.29) is 18.5 Å². The molecule has 0 unspecified atom stereocenters. The molecule has 0 fully saturated rings. The van der Waals surface area contributed by atoms with Gasteiger partial charge in [-0.15, -0.1) is 0 Å². The maximum absolute atomic E-state index is 13.0. The molecule has 0 saturated heterocycles. The Morgan fingerprint density at radius 1 is 1.09 bits per heavy atom. The molecule has 2 heterocycles. The number of ketones is 1. The second-order valence-corrected chi connectivity index (χ2v) is 10.9. The number of rotatable bonds is 7. The van der Waals surface area contributed by atoms with Crippen LogP contribution >= 0.6 is 0 Å². The molecule has 8 heteroatoms. The van der Waals surface area contributed by atoms with Crippen LogP contribution in [0.25, 0.3) is 21.9 Å². The number of hydrogen-bond donors (Lipinski definition) is 1. The van der Waals surface area contributed by atoms with Crippen molar-refractivity contribution in [2.75, 3.05) is 12.9 Å². The van der Waals surface area contributed by atoms with Crippen molar-refractivity contribution in [2.45, 2.75) is 37.9 Å². The Labute approximate surface area is 186 Å². The number of fused-ring (bicyclic) bond motifs is 2. The molecule has 0 aliphatic carbocycles. The fourth-order valence-corrected chi connectivity index (χ4v) is 4.97. The summed E-state index contributed by atoms with van der Waals surface area (Å²) in [4.78, 5) is 25.1. The molecule has 3 aromatic rings. The number of carbonyl (C=O) groups excluding carboxylic acids is 1. The minimum Gasteiger partial charge on any atom is -0.389 e. The molecule has 0 spiro atoms. The number of pyridine rings is 1. The van der Waals surface area contributed by atoms with E-state index in [1.54, 1.807) is 12.3 Å². The number of nitrogens with zero attached hydrogens (tertiary/aromatic N) is 1. The Hall–Kier alpha value is -2.81. The zero-order valence-corrected chi connectivity index (χ0v) is 18.8. The van der Waals surface area contributed by atoms with Crippen LogP contribution in [0.1, 0.15) is 24.5 Å². The van der Waals surface area contributed by atoms with Crippen molar-refractivity contribution in [1.82, 2.24) is 4.57 Å². The van der Waals surface area contributed by atoms with Crippen molar-refractivity contribution in [3.05, 3.63) is 70.1 Å². The highest BCUT2D eigenvalue weighted by Gasteiger charge is 2.42. The van der Waals surface area contributed by atoms with Crippen molar-refractivity contribution in [3.63, 3.8) is 0 Å². The van der Waals surface area contributed by atoms with Crippen LogP contribution in [0.2, 0.25) is 0 Å². The van der Waals surface area contributed by atoms with Gasteiger partial charge >= 0.3 is 0 Å². The van der Waals surface area contributed by atoms with Gasteiger partial charge in [-0.05, 0) is 65.3 Å². The molecule has 1 aliphatic rings. The van der Waals surface area contributed by atoms with Crippen LogP contribution in [0.4, 0.5) is 0 Å². The molecule has 1 N–H and O–H groups in total. The van der Waals surface area contributed by atoms with E-state index in [1.165, 1.54) is 22.6 Å². The van der Waals surface area contributed by atoms with Gasteiger partial charge in [-0.3, -0.25) is 9.59 Å². The summed E-state index contributed by atoms with van der Waals surface area (Å²) in [6.07, 6.45) is 2.47. The maximum atomic E-state index is 13.0. The normalized spacial score (nSPS) is 15.5. The zero-order chi connectivity index (χ0) is 23.1. The Bertz CT molecular complexity index is 1370. The van der Waals surface area contributed by atoms with Gasteiger partial charge in [0.1, 0.15) is 11.4 Å². The van der Waals surface area contributed by atoms with Crippen LogP contribution in [0, 0.1) is 0 Å². The van der Waals surface area contributed by atoms with Crippen molar-refractivity contribution >= 4 is 26.4 Å². The van der Waals surface area contributed by atoms with Crippen molar-refractivity contribution in [2.24, 2.45) is 0 Å². The molecule has 0 amide bonds. The molecule has 168 valence electrons. The van der Waals surface area contributed by atoms with E-state index in [4.69, 9.17) is 4.74 Å². The summed E-state index contributed by atoms with van der Waals surface area (Å²) in [5.74, 6) is -0.779. The van der Waals surface area contributed by atoms with Crippen LogP contribution in [0.5, 0.6) is 0 Å². The van der Waals surface area contributed by atoms with Crippen LogP contribution in [-0.4, -0.2) is 41.5 Å². The van der Waals surface area contributed by atoms with E-state index in [2.05, 4.69) is 12.1 Å². The summed E-state index contributed by atoms with van der Waals surface area (Å²) in [6.45, 7) is 1.70. The number of aromatic nitrogens is 1. The number of hydrogen-bond acceptors (Lipinski definition) is 6. The predicted octanol–water partition coefficient (Wildman–Crippen LogP) is 2.45. The average molecular weight is 456 g/mol. The first-order chi connectivity index (χ1) is 15.1. The van der Waals surface area contributed by atoms with Gasteiger partial charge in [-0.25, -0.2) is 8.42 Å². The fourth-order valence-electron chi connectivity index (χ4n) is 4.03. The molecule has 0 radical (unpaired) electrons. The highest BCUT2D eigenvalue weighted by molar-refractivity contribution is 7.92. The second-order valence-electron chi connectivity index (χ2n) is 8.43. The minimum atomic E-state index is -3.78. The fraction of sp³-hybridized carbons (Fsp3) is 0.333. The van der Waals surface area contributed by atoms with Crippen molar-refractivity contribution < 1.29 is 23.1 Å². The lowest BCUT2D eigenvalue weighted by Crippen LogP contribution is -2.46. The first kappa shape index (κ1) is 22.4. The summed E-state index contributed by atoms with van der Waals surface area (Å²) >= 11 is 0. The number of aryl methyl sites for hydroxylation is 1. The first-order valence-electron chi connectivity index (χ1n) is 10.3. The van der Waals surface area contributed by atoms with Gasteiger partial charge in [0.15, 0.2) is 15.6 Å². The minimum absolute atomic E-state index is 0.0384. The molecule has 1 aromatic heterocycles. The van der Waals surface area contributed by atoms with Crippen LogP contribution in [0.3, 0.4) is 0 Å². The number of aliphatic hydroxyl groups excluding tert-OH is 1. The molecule has 1 atom stereocenters. The van der Waals surface area contributed by atoms with E-state index in [9.17, 15) is 23.1 Å². The monoisotopic (exact) mass is 455 g/mol. The highest BCUT2D eigenvalue weighted by atomic mass is 32.2. The molecule has 2 aromatic carbocycles. The summed E-state index contributed by atoms with van der Waals surface area (Å²) in [7, 11) is -3.78. The molecular weight excluding hydrogens is 430 g/mol. The quantitative estimate of drug-likeness (QED) is 0.587. The van der Waals surface area contributed by atoms with Crippen LogP contribution in [-0.2, 0) is 39.1 Å². The molecule has 0 bridgehead atoms. The van der Waals surface area contributed by atoms with Gasteiger partial charge in [0.05, 0.1) is 13.2 Å². The summed E-state index contributed by atoms with van der Waals surface area (Å²) < 4.78 is 29.5. The largest absolute Gasteiger partial charge is 0.389 e. The summed E-state index contributed by atoms with van der Waals surface area (Å²) in [6, 6.07) is 13.6. The van der Waals surface area contributed by atoms with E-state index in [0.717, 1.165) is 22.8 Å². The predicted molar refractivity (Wildman–Crippen MR) is 122 cm³/mol. The van der Waals surface area contributed by atoms with Gasteiger partial charge < -0.3 is 14.4 Å². The number of aliphatic hydroxyl groups is 1. The molecule has 1 aliphatic heterocycles. The average Bonchev–Trinajstić information content (AvgIpc) is 3.24. The van der Waals surface area contributed by atoms with Gasteiger partial charge in [0.2, 0.25) is 0 Å². The molecular formula is C24H25NO6S. The molecule has 32 heavy (non-hydrogen) atoms. The molecule has 4 rings (SSSR count). The first-order valence-corrected chi connectivity index (χ1v) is 12.2. The number of carbonyl (C=O) groups is 1. The highest BCUT2D eigenvalue weighted by Crippen LogP contribution is 2.29. The van der Waals surface area contributed by atoms with Gasteiger partial charge in [-0.2, -0.15) is 0 Å². The van der Waals surface area contributed by atoms with Crippen LogP contribution < -0.4 is 5.56 Å². The second kappa shape index (κ2) is 8.27. The molecule has 7 nitrogen and oxygen atoms in total. The number of sulfone groups is 1. The smallest absolute Gasteiger partial charge is 0.258 e. The maximum Gasteiger partial charge on any atom is 0.258 e. The SMILES string of the molecule is C[C@@](CCn1ccc2cc(-c3ccc4c(c3)COC4)ccc2c1=O)(C(=O)CO)S(C)(=O)=O. The Kier molecular flexibility index (Phi) is 5.79. The Morgan fingerprint density at radius 3 is 2.50 bits per heavy atom. The standard InChI is InChI=1S/C24H25NO6S/c1-24(22(27)13-26,32(2,29)30)8-10-25-9-7-18-11-17(5-6-21(18)23(25)28)16-3-4-19-14-31-15-20(19)12-16/h3-7,9,11-12,26H,8,10,13-15H2,1-2H3/t24-/m1/s1. The third kappa shape index (κ3) is 3.90. The van der Waals surface area contributed by atoms with Crippen molar-refractivity contribution in [3.8, 4) is 11.1 Å². The van der Waals surface area contributed by atoms with E-state index < -0.39 is 27.0 Å². The van der Waals surface area contributed by atoms with E-state index in [1.807, 2.05) is 24.3 Å². The molecule has 0 saturated carbocycles. The number of benzene rings is 2. The van der Waals surface area contributed by atoms with Gasteiger partial charge in [-0.1, -0.05) is 18.2 Å². The van der Waals surface area contributed by atoms with Crippen LogP contribution in [0.15, 0.2) is 53.5 Å². The summed E-state index contributed by atoms with van der Waals surface area (Å²) in [5, 5.41) is 10.5. The number of Topliss-reactive ketones (excluding diaryl/α,β-unsaturated/α-hetero) is 1. The third-order valence-electron chi connectivity index (χ3n) is 6.41. The van der Waals surface area contributed by atoms with E-state index in [0.29, 0.717) is 18.6 Å². The Balaban J connectivity index is 1.64. The van der Waals surface area contributed by atoms with E-state index >= 15 is 0 Å². The van der Waals surface area contributed by atoms with Gasteiger partial charge in [0.25, 0.3) is 5.56 Å². The van der Waals surface area contributed by atoms with Gasteiger partial charge in [0, 0.05) is 24.4 Å². The topological polar surface area (TPSA) is 103 Å². The zero-order valence-electron chi connectivity index (χ0n) is 18.0. The summed E-state index contributed by atoms with van der Waals surface area (Å²) in [5.41, 5.74) is 4.14. The lowest BCUT2D eigenvalue weighted by Gasteiger charge is -2.25. The lowest BCUT2D eigenvalue weighted by atomic mass is 9.98. The van der Waals surface area contributed by atoms with Crippen molar-refractivity contribution in [1.29, 1.82) is 0 Å². The lowest BCUT2D eigenvalue weighted by molar-refractivity contribution is -0.124. The third-order valence-corrected chi connectivity index (χ3v) is 8.48.